The lowest BCUT2D eigenvalue weighted by Crippen LogP contribution is -2.48. The van der Waals surface area contributed by atoms with Crippen LogP contribution in [0.3, 0.4) is 0 Å². The van der Waals surface area contributed by atoms with Gasteiger partial charge < -0.3 is 10.2 Å². The Morgan fingerprint density at radius 2 is 1.83 bits per heavy atom. The Balaban J connectivity index is 1.47. The van der Waals surface area contributed by atoms with E-state index >= 15 is 0 Å². The van der Waals surface area contributed by atoms with E-state index < -0.39 is 0 Å². The fourth-order valence-corrected chi connectivity index (χ4v) is 2.75. The molecule has 1 N–H and O–H groups in total. The molecule has 6 heteroatoms. The molecule has 0 aliphatic carbocycles. The average Bonchev–Trinajstić information content (AvgIpc) is 2.58. The first-order valence-corrected chi connectivity index (χ1v) is 8.02. The maximum atomic E-state index is 12.1. The molecule has 1 fully saturated rings. The van der Waals surface area contributed by atoms with E-state index in [0.29, 0.717) is 17.4 Å². The first-order chi connectivity index (χ1) is 11.2. The first-order valence-electron chi connectivity index (χ1n) is 7.64. The summed E-state index contributed by atoms with van der Waals surface area (Å²) >= 11 is 5.78. The van der Waals surface area contributed by atoms with Crippen molar-refractivity contribution in [1.82, 2.24) is 9.88 Å². The predicted octanol–water partition coefficient (Wildman–Crippen LogP) is 2.50. The zero-order valence-corrected chi connectivity index (χ0v) is 13.5. The third kappa shape index (κ3) is 4.43. The van der Waals surface area contributed by atoms with E-state index in [4.69, 9.17) is 11.6 Å². The highest BCUT2D eigenvalue weighted by molar-refractivity contribution is 6.30. The van der Waals surface area contributed by atoms with Gasteiger partial charge in [-0.3, -0.25) is 9.69 Å². The summed E-state index contributed by atoms with van der Waals surface area (Å²) in [4.78, 5) is 20.7. The molecule has 23 heavy (non-hydrogen) atoms. The summed E-state index contributed by atoms with van der Waals surface area (Å²) in [5.74, 6) is 0.482. The van der Waals surface area contributed by atoms with Gasteiger partial charge >= 0.3 is 0 Å². The molecule has 1 aliphatic rings. The monoisotopic (exact) mass is 330 g/mol. The maximum absolute atomic E-state index is 12.1. The molecule has 1 amide bonds. The highest BCUT2D eigenvalue weighted by atomic mass is 35.5. The van der Waals surface area contributed by atoms with Gasteiger partial charge in [-0.2, -0.15) is 0 Å². The molecule has 1 aromatic heterocycles. The molecule has 0 radical (unpaired) electrons. The molecule has 3 rings (SSSR count). The van der Waals surface area contributed by atoms with Crippen LogP contribution in [-0.2, 0) is 4.79 Å². The van der Waals surface area contributed by atoms with Gasteiger partial charge in [-0.05, 0) is 24.3 Å². The Hall–Kier alpha value is -2.11. The Morgan fingerprint density at radius 3 is 2.48 bits per heavy atom. The van der Waals surface area contributed by atoms with Crippen LogP contribution in [0.5, 0.6) is 0 Å². The van der Waals surface area contributed by atoms with Gasteiger partial charge in [-0.1, -0.05) is 29.8 Å². The number of benzene rings is 1. The Bertz CT molecular complexity index is 639. The molecule has 120 valence electrons. The summed E-state index contributed by atoms with van der Waals surface area (Å²) in [7, 11) is 0. The zero-order valence-electron chi connectivity index (χ0n) is 12.8. The van der Waals surface area contributed by atoms with Crippen LogP contribution >= 0.6 is 11.6 Å². The number of para-hydroxylation sites is 1. The summed E-state index contributed by atoms with van der Waals surface area (Å²) in [6.45, 7) is 3.98. The SMILES string of the molecule is O=C(CN1CCN(c2ccccc2)CC1)Nc1ccc(Cl)cn1. The smallest absolute Gasteiger partial charge is 0.239 e. The van der Waals surface area contributed by atoms with Crippen molar-refractivity contribution < 1.29 is 4.79 Å². The van der Waals surface area contributed by atoms with Crippen molar-refractivity contribution in [3.8, 4) is 0 Å². The fraction of sp³-hybridized carbons (Fsp3) is 0.294. The van der Waals surface area contributed by atoms with E-state index in [1.807, 2.05) is 18.2 Å². The minimum atomic E-state index is -0.0482. The van der Waals surface area contributed by atoms with Crippen molar-refractivity contribution in [2.24, 2.45) is 0 Å². The average molecular weight is 331 g/mol. The highest BCUT2D eigenvalue weighted by Gasteiger charge is 2.19. The molecule has 0 spiro atoms. The van der Waals surface area contributed by atoms with E-state index in [-0.39, 0.29) is 5.91 Å². The van der Waals surface area contributed by atoms with Crippen molar-refractivity contribution in [1.29, 1.82) is 0 Å². The first kappa shape index (κ1) is 15.8. The lowest BCUT2D eigenvalue weighted by Gasteiger charge is -2.35. The van der Waals surface area contributed by atoms with Gasteiger partial charge in [0.1, 0.15) is 5.82 Å². The number of hydrogen-bond acceptors (Lipinski definition) is 4. The summed E-state index contributed by atoms with van der Waals surface area (Å²) in [6.07, 6.45) is 1.52. The molecule has 5 nitrogen and oxygen atoms in total. The molecule has 0 bridgehead atoms. The highest BCUT2D eigenvalue weighted by Crippen LogP contribution is 2.15. The van der Waals surface area contributed by atoms with Crippen molar-refractivity contribution in [2.75, 3.05) is 42.9 Å². The second-order valence-corrected chi connectivity index (χ2v) is 5.95. The van der Waals surface area contributed by atoms with Gasteiger partial charge in [0, 0.05) is 38.1 Å². The molecular formula is C17H19ClN4O. The number of amides is 1. The quantitative estimate of drug-likeness (QED) is 0.935. The number of aromatic nitrogens is 1. The van der Waals surface area contributed by atoms with Crippen molar-refractivity contribution in [2.45, 2.75) is 0 Å². The molecule has 0 atom stereocenters. The third-order valence-corrected chi connectivity index (χ3v) is 4.08. The van der Waals surface area contributed by atoms with Gasteiger partial charge in [0.05, 0.1) is 11.6 Å². The van der Waals surface area contributed by atoms with Crippen molar-refractivity contribution in [3.05, 3.63) is 53.7 Å². The number of nitrogens with zero attached hydrogens (tertiary/aromatic N) is 3. The van der Waals surface area contributed by atoms with E-state index in [1.165, 1.54) is 11.9 Å². The van der Waals surface area contributed by atoms with Crippen LogP contribution in [0.1, 0.15) is 0 Å². The summed E-state index contributed by atoms with van der Waals surface area (Å²) < 4.78 is 0. The van der Waals surface area contributed by atoms with E-state index in [0.717, 1.165) is 26.2 Å². The number of anilines is 2. The minimum absolute atomic E-state index is 0.0482. The van der Waals surface area contributed by atoms with Gasteiger partial charge in [-0.15, -0.1) is 0 Å². The molecule has 1 aromatic carbocycles. The fourth-order valence-electron chi connectivity index (χ4n) is 2.64. The summed E-state index contributed by atoms with van der Waals surface area (Å²) in [5, 5.41) is 3.35. The van der Waals surface area contributed by atoms with Crippen LogP contribution in [0.4, 0.5) is 11.5 Å². The number of piperazine rings is 1. The topological polar surface area (TPSA) is 48.5 Å². The standard InChI is InChI=1S/C17H19ClN4O/c18-14-6-7-16(19-12-14)20-17(23)13-21-8-10-22(11-9-21)15-4-2-1-3-5-15/h1-7,12H,8-11,13H2,(H,19,20,23). The lowest BCUT2D eigenvalue weighted by molar-refractivity contribution is -0.117. The second kappa shape index (κ2) is 7.44. The lowest BCUT2D eigenvalue weighted by atomic mass is 10.2. The Morgan fingerprint density at radius 1 is 1.09 bits per heavy atom. The molecule has 2 aromatic rings. The third-order valence-electron chi connectivity index (χ3n) is 3.86. The number of nitrogens with one attached hydrogen (secondary N) is 1. The van der Waals surface area contributed by atoms with Crippen LogP contribution in [0.15, 0.2) is 48.7 Å². The van der Waals surface area contributed by atoms with E-state index in [2.05, 4.69) is 32.2 Å². The van der Waals surface area contributed by atoms with E-state index in [9.17, 15) is 4.79 Å². The number of carbonyl (C=O) groups excluding carboxylic acids is 1. The van der Waals surface area contributed by atoms with Crippen LogP contribution in [0.25, 0.3) is 0 Å². The van der Waals surface area contributed by atoms with Crippen LogP contribution in [-0.4, -0.2) is 48.5 Å². The van der Waals surface area contributed by atoms with Crippen molar-refractivity contribution in [3.63, 3.8) is 0 Å². The maximum Gasteiger partial charge on any atom is 0.239 e. The summed E-state index contributed by atoms with van der Waals surface area (Å²) in [6, 6.07) is 13.8. The molecule has 1 aliphatic heterocycles. The minimum Gasteiger partial charge on any atom is -0.369 e. The Kier molecular flexibility index (Phi) is 5.10. The normalized spacial score (nSPS) is 15.4. The van der Waals surface area contributed by atoms with Crippen LogP contribution < -0.4 is 10.2 Å². The summed E-state index contributed by atoms with van der Waals surface area (Å²) in [5.41, 5.74) is 1.24. The number of pyridine rings is 1. The number of carbonyl (C=O) groups is 1. The van der Waals surface area contributed by atoms with Crippen molar-refractivity contribution >= 4 is 29.0 Å². The van der Waals surface area contributed by atoms with Crippen LogP contribution in [0.2, 0.25) is 5.02 Å². The van der Waals surface area contributed by atoms with Crippen LogP contribution in [0, 0.1) is 0 Å². The molecule has 1 saturated heterocycles. The van der Waals surface area contributed by atoms with E-state index in [1.54, 1.807) is 12.1 Å². The largest absolute Gasteiger partial charge is 0.369 e. The predicted molar refractivity (Wildman–Crippen MR) is 93.0 cm³/mol. The van der Waals surface area contributed by atoms with Gasteiger partial charge in [0.15, 0.2) is 0 Å². The number of rotatable bonds is 4. The molecule has 0 unspecified atom stereocenters. The number of halogens is 1. The van der Waals surface area contributed by atoms with Gasteiger partial charge in [0.2, 0.25) is 5.91 Å². The molecule has 0 saturated carbocycles. The zero-order chi connectivity index (χ0) is 16.1. The Labute approximate surface area is 140 Å². The van der Waals surface area contributed by atoms with Gasteiger partial charge in [-0.25, -0.2) is 4.98 Å². The molecule has 2 heterocycles. The number of hydrogen-bond donors (Lipinski definition) is 1. The second-order valence-electron chi connectivity index (χ2n) is 5.51. The molecular weight excluding hydrogens is 312 g/mol. The van der Waals surface area contributed by atoms with Gasteiger partial charge in [0.25, 0.3) is 0 Å².